The molecule has 7 heteroatoms. The third-order valence-electron chi connectivity index (χ3n) is 5.26. The van der Waals surface area contributed by atoms with Gasteiger partial charge in [0, 0.05) is 39.7 Å². The van der Waals surface area contributed by atoms with Crippen molar-refractivity contribution in [3.8, 4) is 0 Å². The molecule has 1 aromatic heterocycles. The minimum Gasteiger partial charge on any atom is -0.341 e. The molecular formula is C25H23ClN4O2. The first-order chi connectivity index (χ1) is 15.5. The minimum atomic E-state index is -0.423. The number of benzene rings is 3. The van der Waals surface area contributed by atoms with Gasteiger partial charge < -0.3 is 9.88 Å². The predicted octanol–water partition coefficient (Wildman–Crippen LogP) is 5.60. The minimum absolute atomic E-state index is 0.0531. The Hall–Kier alpha value is -3.64. The normalized spacial score (nSPS) is 11.7. The van der Waals surface area contributed by atoms with Gasteiger partial charge in [-0.3, -0.25) is 9.59 Å². The van der Waals surface area contributed by atoms with Gasteiger partial charge in [-0.05, 0) is 50.2 Å². The molecule has 0 aliphatic heterocycles. The lowest BCUT2D eigenvalue weighted by atomic mass is 10.1. The zero-order valence-corrected chi connectivity index (χ0v) is 18.6. The van der Waals surface area contributed by atoms with Gasteiger partial charge in [0.25, 0.3) is 5.91 Å². The number of para-hydroxylation sites is 1. The SMILES string of the molecule is CCn1c2ccccc2c2cc(NC(=O)CC(C)=NNC(=O)c3ccccc3Cl)ccc21. The van der Waals surface area contributed by atoms with E-state index in [4.69, 9.17) is 11.6 Å². The number of nitrogens with one attached hydrogen (secondary N) is 2. The van der Waals surface area contributed by atoms with Gasteiger partial charge in [-0.15, -0.1) is 0 Å². The molecule has 0 spiro atoms. The van der Waals surface area contributed by atoms with E-state index in [2.05, 4.69) is 39.5 Å². The Balaban J connectivity index is 1.45. The van der Waals surface area contributed by atoms with Crippen molar-refractivity contribution in [2.45, 2.75) is 26.8 Å². The Morgan fingerprint density at radius 3 is 2.47 bits per heavy atom. The van der Waals surface area contributed by atoms with Crippen LogP contribution in [0.3, 0.4) is 0 Å². The Morgan fingerprint density at radius 2 is 1.69 bits per heavy atom. The van der Waals surface area contributed by atoms with Crippen LogP contribution in [0.5, 0.6) is 0 Å². The molecule has 32 heavy (non-hydrogen) atoms. The Labute approximate surface area is 190 Å². The molecule has 0 atom stereocenters. The molecule has 0 aliphatic rings. The van der Waals surface area contributed by atoms with E-state index in [0.29, 0.717) is 16.3 Å². The first-order valence-corrected chi connectivity index (χ1v) is 10.7. The highest BCUT2D eigenvalue weighted by Crippen LogP contribution is 2.31. The van der Waals surface area contributed by atoms with E-state index in [-0.39, 0.29) is 12.3 Å². The van der Waals surface area contributed by atoms with E-state index in [9.17, 15) is 9.59 Å². The second kappa shape index (κ2) is 9.24. The molecule has 2 amide bonds. The quantitative estimate of drug-likeness (QED) is 0.298. The number of halogens is 1. The number of fused-ring (bicyclic) bond motifs is 3. The molecular weight excluding hydrogens is 424 g/mol. The number of carbonyl (C=O) groups excluding carboxylic acids is 2. The summed E-state index contributed by atoms with van der Waals surface area (Å²) in [5, 5.41) is 9.54. The number of hydrazone groups is 1. The van der Waals surface area contributed by atoms with Crippen LogP contribution in [0.15, 0.2) is 71.8 Å². The molecule has 162 valence electrons. The highest BCUT2D eigenvalue weighted by Gasteiger charge is 2.12. The Morgan fingerprint density at radius 1 is 0.969 bits per heavy atom. The predicted molar refractivity (Wildman–Crippen MR) is 130 cm³/mol. The van der Waals surface area contributed by atoms with Crippen LogP contribution in [-0.2, 0) is 11.3 Å². The molecule has 0 saturated carbocycles. The Kier molecular flexibility index (Phi) is 6.23. The summed E-state index contributed by atoms with van der Waals surface area (Å²) in [6.45, 7) is 4.67. The number of hydrogen-bond donors (Lipinski definition) is 2. The van der Waals surface area contributed by atoms with Crippen molar-refractivity contribution >= 4 is 56.6 Å². The van der Waals surface area contributed by atoms with Crippen LogP contribution in [0.2, 0.25) is 5.02 Å². The smallest absolute Gasteiger partial charge is 0.272 e. The summed E-state index contributed by atoms with van der Waals surface area (Å²) in [6, 6.07) is 20.9. The lowest BCUT2D eigenvalue weighted by Gasteiger charge is -2.07. The van der Waals surface area contributed by atoms with Crippen molar-refractivity contribution in [2.24, 2.45) is 5.10 Å². The topological polar surface area (TPSA) is 75.5 Å². The molecule has 0 saturated heterocycles. The van der Waals surface area contributed by atoms with Crippen LogP contribution in [-0.4, -0.2) is 22.1 Å². The zero-order valence-electron chi connectivity index (χ0n) is 17.9. The van der Waals surface area contributed by atoms with Crippen molar-refractivity contribution in [2.75, 3.05) is 5.32 Å². The van der Waals surface area contributed by atoms with E-state index in [1.807, 2.05) is 30.3 Å². The number of rotatable bonds is 6. The summed E-state index contributed by atoms with van der Waals surface area (Å²) in [4.78, 5) is 24.7. The fourth-order valence-electron chi connectivity index (χ4n) is 3.80. The summed E-state index contributed by atoms with van der Waals surface area (Å²) in [7, 11) is 0. The van der Waals surface area contributed by atoms with Gasteiger partial charge in [0.05, 0.1) is 17.0 Å². The highest BCUT2D eigenvalue weighted by atomic mass is 35.5. The van der Waals surface area contributed by atoms with Gasteiger partial charge in [0.15, 0.2) is 0 Å². The average molecular weight is 447 g/mol. The van der Waals surface area contributed by atoms with Gasteiger partial charge in [0.2, 0.25) is 5.91 Å². The first kappa shape index (κ1) is 21.6. The summed E-state index contributed by atoms with van der Waals surface area (Å²) in [5.41, 5.74) is 6.27. The molecule has 6 nitrogen and oxygen atoms in total. The van der Waals surface area contributed by atoms with E-state index >= 15 is 0 Å². The molecule has 4 rings (SSSR count). The van der Waals surface area contributed by atoms with Gasteiger partial charge >= 0.3 is 0 Å². The third kappa shape index (κ3) is 4.36. The second-order valence-electron chi connectivity index (χ2n) is 7.49. The lowest BCUT2D eigenvalue weighted by Crippen LogP contribution is -2.21. The van der Waals surface area contributed by atoms with Gasteiger partial charge in [0.1, 0.15) is 0 Å². The van der Waals surface area contributed by atoms with Gasteiger partial charge in [-0.1, -0.05) is 41.9 Å². The largest absolute Gasteiger partial charge is 0.341 e. The number of nitrogens with zero attached hydrogens (tertiary/aromatic N) is 2. The maximum absolute atomic E-state index is 12.5. The molecule has 2 N–H and O–H groups in total. The van der Waals surface area contributed by atoms with E-state index < -0.39 is 5.91 Å². The molecule has 0 unspecified atom stereocenters. The molecule has 3 aromatic carbocycles. The lowest BCUT2D eigenvalue weighted by molar-refractivity contribution is -0.115. The zero-order chi connectivity index (χ0) is 22.7. The molecule has 0 fully saturated rings. The van der Waals surface area contributed by atoms with E-state index in [1.165, 1.54) is 5.52 Å². The number of carbonyl (C=O) groups is 2. The highest BCUT2D eigenvalue weighted by molar-refractivity contribution is 6.33. The van der Waals surface area contributed by atoms with Crippen LogP contribution >= 0.6 is 11.6 Å². The van der Waals surface area contributed by atoms with E-state index in [1.54, 1.807) is 31.2 Å². The molecule has 1 heterocycles. The summed E-state index contributed by atoms with van der Waals surface area (Å²) < 4.78 is 2.26. The summed E-state index contributed by atoms with van der Waals surface area (Å²) in [6.07, 6.45) is 0.0531. The number of aryl methyl sites for hydroxylation is 1. The second-order valence-corrected chi connectivity index (χ2v) is 7.89. The van der Waals surface area contributed by atoms with Crippen molar-refractivity contribution in [3.63, 3.8) is 0 Å². The number of anilines is 1. The number of amides is 2. The Bertz CT molecular complexity index is 1360. The van der Waals surface area contributed by atoms with Gasteiger partial charge in [-0.2, -0.15) is 5.10 Å². The molecule has 4 aromatic rings. The molecule has 0 bridgehead atoms. The standard InChI is InChI=1S/C25H23ClN4O2/c1-3-30-22-11-7-5-8-18(22)20-15-17(12-13-23(20)30)27-24(31)14-16(2)28-29-25(32)19-9-4-6-10-21(19)26/h4-13,15H,3,14H2,1-2H3,(H,27,31)(H,29,32). The monoisotopic (exact) mass is 446 g/mol. The first-order valence-electron chi connectivity index (χ1n) is 10.4. The van der Waals surface area contributed by atoms with Crippen LogP contribution in [0.1, 0.15) is 30.6 Å². The third-order valence-corrected chi connectivity index (χ3v) is 5.59. The fourth-order valence-corrected chi connectivity index (χ4v) is 4.02. The average Bonchev–Trinajstić information content (AvgIpc) is 3.10. The molecule has 0 radical (unpaired) electrons. The van der Waals surface area contributed by atoms with Crippen molar-refractivity contribution in [1.29, 1.82) is 0 Å². The van der Waals surface area contributed by atoms with Crippen molar-refractivity contribution in [3.05, 3.63) is 77.3 Å². The maximum Gasteiger partial charge on any atom is 0.272 e. The number of aromatic nitrogens is 1. The van der Waals surface area contributed by atoms with Crippen molar-refractivity contribution < 1.29 is 9.59 Å². The van der Waals surface area contributed by atoms with Crippen LogP contribution in [0.25, 0.3) is 21.8 Å². The number of hydrogen-bond acceptors (Lipinski definition) is 3. The van der Waals surface area contributed by atoms with Crippen molar-refractivity contribution in [1.82, 2.24) is 9.99 Å². The maximum atomic E-state index is 12.5. The van der Waals surface area contributed by atoms with Crippen LogP contribution in [0.4, 0.5) is 5.69 Å². The van der Waals surface area contributed by atoms with Gasteiger partial charge in [-0.25, -0.2) is 5.43 Å². The fraction of sp³-hybridized carbons (Fsp3) is 0.160. The van der Waals surface area contributed by atoms with E-state index in [0.717, 1.165) is 28.5 Å². The summed E-state index contributed by atoms with van der Waals surface area (Å²) in [5.74, 6) is -0.634. The van der Waals surface area contributed by atoms with Crippen LogP contribution < -0.4 is 10.7 Å². The molecule has 0 aliphatic carbocycles. The summed E-state index contributed by atoms with van der Waals surface area (Å²) >= 11 is 6.02. The van der Waals surface area contributed by atoms with Crippen LogP contribution in [0, 0.1) is 0 Å².